The van der Waals surface area contributed by atoms with E-state index in [-0.39, 0.29) is 18.5 Å². The lowest BCUT2D eigenvalue weighted by atomic mass is 10.0. The molecule has 0 saturated carbocycles. The highest BCUT2D eigenvalue weighted by molar-refractivity contribution is 5.76. The fourth-order valence-electron chi connectivity index (χ4n) is 11.6. The molecule has 0 bridgehead atoms. The number of aliphatic hydroxyl groups excluding tert-OH is 2. The van der Waals surface area contributed by atoms with Gasteiger partial charge in [-0.2, -0.15) is 0 Å². The number of aliphatic hydroxyl groups is 2. The molecule has 1 amide bonds. The minimum absolute atomic E-state index is 0.00985. The van der Waals surface area contributed by atoms with Crippen LogP contribution >= 0.6 is 0 Å². The summed E-state index contributed by atoms with van der Waals surface area (Å²) < 4.78 is 5.47. The lowest BCUT2D eigenvalue weighted by molar-refractivity contribution is -0.143. The first-order chi connectivity index (χ1) is 39.5. The molecule has 0 radical (unpaired) electrons. The minimum Gasteiger partial charge on any atom is -0.466 e. The van der Waals surface area contributed by atoms with E-state index in [9.17, 15) is 19.8 Å². The molecular weight excluding hydrogens is 983 g/mol. The molecule has 0 fully saturated rings. The number of esters is 1. The lowest BCUT2D eigenvalue weighted by Crippen LogP contribution is -2.45. The largest absolute Gasteiger partial charge is 0.466 e. The van der Waals surface area contributed by atoms with Crippen LogP contribution in [0.4, 0.5) is 0 Å². The summed E-state index contributed by atoms with van der Waals surface area (Å²) in [5.41, 5.74) is 0. The monoisotopic (exact) mass is 1130 g/mol. The molecule has 0 aromatic carbocycles. The summed E-state index contributed by atoms with van der Waals surface area (Å²) in [7, 11) is 0. The molecule has 0 aliphatic carbocycles. The molecule has 2 atom stereocenters. The molecule has 80 heavy (non-hydrogen) atoms. The molecule has 0 aliphatic rings. The van der Waals surface area contributed by atoms with Gasteiger partial charge in [0.15, 0.2) is 0 Å². The Labute approximate surface area is 501 Å². The van der Waals surface area contributed by atoms with Gasteiger partial charge < -0.3 is 20.3 Å². The van der Waals surface area contributed by atoms with Gasteiger partial charge >= 0.3 is 5.97 Å². The summed E-state index contributed by atoms with van der Waals surface area (Å²) in [4.78, 5) is 24.5. The Hall–Kier alpha value is -1.66. The van der Waals surface area contributed by atoms with Crippen LogP contribution in [0.3, 0.4) is 0 Å². The number of nitrogens with one attached hydrogen (secondary N) is 1. The predicted octanol–water partition coefficient (Wildman–Crippen LogP) is 23.7. The van der Waals surface area contributed by atoms with Gasteiger partial charge in [-0.25, -0.2) is 0 Å². The number of allylic oxidation sites excluding steroid dienone is 3. The van der Waals surface area contributed by atoms with E-state index in [0.29, 0.717) is 19.4 Å². The molecule has 6 nitrogen and oxygen atoms in total. The van der Waals surface area contributed by atoms with Crippen LogP contribution in [0, 0.1) is 0 Å². The van der Waals surface area contributed by atoms with Crippen LogP contribution in [0.5, 0.6) is 0 Å². The van der Waals surface area contributed by atoms with Gasteiger partial charge in [0.05, 0.1) is 25.4 Å². The van der Waals surface area contributed by atoms with Crippen molar-refractivity contribution in [2.45, 2.75) is 424 Å². The third-order valence-corrected chi connectivity index (χ3v) is 17.2. The van der Waals surface area contributed by atoms with Gasteiger partial charge in [0.1, 0.15) is 0 Å². The van der Waals surface area contributed by atoms with Gasteiger partial charge in [0.2, 0.25) is 5.91 Å². The van der Waals surface area contributed by atoms with Crippen LogP contribution in [0.2, 0.25) is 0 Å². The van der Waals surface area contributed by atoms with E-state index in [1.807, 2.05) is 6.08 Å². The van der Waals surface area contributed by atoms with Gasteiger partial charge in [-0.1, -0.05) is 372 Å². The van der Waals surface area contributed by atoms with Crippen molar-refractivity contribution < 1.29 is 24.5 Å². The summed E-state index contributed by atoms with van der Waals surface area (Å²) in [5.74, 6) is -0.0495. The van der Waals surface area contributed by atoms with Crippen molar-refractivity contribution in [3.05, 3.63) is 24.3 Å². The fraction of sp³-hybridized carbons (Fsp3) is 0.919. The number of amides is 1. The summed E-state index contributed by atoms with van der Waals surface area (Å²) in [6.07, 6.45) is 88.5. The molecule has 0 aromatic rings. The average Bonchev–Trinajstić information content (AvgIpc) is 3.46. The Kier molecular flexibility index (Phi) is 68.4. The maximum absolute atomic E-state index is 12.5. The number of ether oxygens (including phenoxy) is 1. The van der Waals surface area contributed by atoms with Crippen molar-refractivity contribution in [2.24, 2.45) is 0 Å². The van der Waals surface area contributed by atoms with Gasteiger partial charge in [-0.05, 0) is 51.4 Å². The first kappa shape index (κ1) is 78.3. The zero-order chi connectivity index (χ0) is 57.8. The summed E-state index contributed by atoms with van der Waals surface area (Å²) in [6.45, 7) is 4.91. The topological polar surface area (TPSA) is 95.9 Å². The Morgan fingerprint density at radius 3 is 0.925 bits per heavy atom. The first-order valence-corrected chi connectivity index (χ1v) is 36.6. The fourth-order valence-corrected chi connectivity index (χ4v) is 11.6. The quantitative estimate of drug-likeness (QED) is 0.0320. The first-order valence-electron chi connectivity index (χ1n) is 36.6. The molecule has 474 valence electrons. The maximum Gasteiger partial charge on any atom is 0.305 e. The van der Waals surface area contributed by atoms with E-state index in [4.69, 9.17) is 4.74 Å². The molecule has 0 heterocycles. The maximum atomic E-state index is 12.5. The highest BCUT2D eigenvalue weighted by Gasteiger charge is 2.18. The van der Waals surface area contributed by atoms with Crippen molar-refractivity contribution in [1.82, 2.24) is 5.32 Å². The van der Waals surface area contributed by atoms with Crippen LogP contribution < -0.4 is 5.32 Å². The molecule has 0 rings (SSSR count). The molecule has 0 aliphatic heterocycles. The van der Waals surface area contributed by atoms with Gasteiger partial charge in [0.25, 0.3) is 0 Å². The standard InChI is InChI=1S/C74H143NO5/c1-3-5-7-9-11-13-15-16-17-18-19-31-34-37-40-43-47-50-54-58-62-66-72(77)71(70-76)75-73(78)67-63-59-55-51-48-44-41-38-35-32-29-27-25-23-21-20-22-24-26-28-30-33-36-39-42-45-49-53-57-61-65-69-80-74(79)68-64-60-56-52-46-14-12-10-8-6-4-2/h10,12,62,66,71-72,76-77H,3-9,11,13-61,63-65,67-70H2,1-2H3,(H,75,78)/b12-10-,66-62+. The second kappa shape index (κ2) is 69.8. The smallest absolute Gasteiger partial charge is 0.305 e. The van der Waals surface area contributed by atoms with Gasteiger partial charge in [0, 0.05) is 12.8 Å². The molecule has 0 aromatic heterocycles. The van der Waals surface area contributed by atoms with E-state index >= 15 is 0 Å². The molecule has 0 saturated heterocycles. The van der Waals surface area contributed by atoms with Crippen molar-refractivity contribution in [1.29, 1.82) is 0 Å². The highest BCUT2D eigenvalue weighted by atomic mass is 16.5. The summed E-state index contributed by atoms with van der Waals surface area (Å²) in [6, 6.07) is -0.625. The Morgan fingerprint density at radius 1 is 0.338 bits per heavy atom. The van der Waals surface area contributed by atoms with Crippen molar-refractivity contribution in [3.63, 3.8) is 0 Å². The molecular formula is C74H143NO5. The van der Waals surface area contributed by atoms with Crippen LogP contribution in [0.25, 0.3) is 0 Å². The number of carbonyl (C=O) groups excluding carboxylic acids is 2. The molecule has 6 heteroatoms. The van der Waals surface area contributed by atoms with Crippen LogP contribution in [-0.2, 0) is 14.3 Å². The normalized spacial score (nSPS) is 12.6. The highest BCUT2D eigenvalue weighted by Crippen LogP contribution is 2.19. The molecule has 2 unspecified atom stereocenters. The zero-order valence-corrected chi connectivity index (χ0v) is 54.3. The Bertz CT molecular complexity index is 1250. The third-order valence-electron chi connectivity index (χ3n) is 17.2. The molecule has 3 N–H and O–H groups in total. The predicted molar refractivity (Wildman–Crippen MR) is 352 cm³/mol. The van der Waals surface area contributed by atoms with E-state index in [2.05, 4.69) is 31.3 Å². The Morgan fingerprint density at radius 2 is 0.600 bits per heavy atom. The second-order valence-corrected chi connectivity index (χ2v) is 25.3. The van der Waals surface area contributed by atoms with Crippen LogP contribution in [-0.4, -0.2) is 47.4 Å². The molecule has 0 spiro atoms. The van der Waals surface area contributed by atoms with Gasteiger partial charge in [-0.3, -0.25) is 9.59 Å². The lowest BCUT2D eigenvalue weighted by Gasteiger charge is -2.20. The third kappa shape index (κ3) is 65.5. The number of rotatable bonds is 69. The number of unbranched alkanes of at least 4 members (excludes halogenated alkanes) is 56. The SMILES string of the molecule is CCCC/C=C\CCCCCCCC(=O)OCCCCCCCCCCCCCCCCCCCCCCCCCCCCCCCCCC(=O)NC(CO)C(O)/C=C/CCCCCCCCCCCCCCCCCCCCC. The number of hydrogen-bond donors (Lipinski definition) is 3. The van der Waals surface area contributed by atoms with Crippen molar-refractivity contribution >= 4 is 11.9 Å². The van der Waals surface area contributed by atoms with E-state index in [1.165, 1.54) is 340 Å². The van der Waals surface area contributed by atoms with Crippen molar-refractivity contribution in [3.8, 4) is 0 Å². The Balaban J connectivity index is 3.36. The zero-order valence-electron chi connectivity index (χ0n) is 54.3. The van der Waals surface area contributed by atoms with Crippen LogP contribution in [0.1, 0.15) is 412 Å². The summed E-state index contributed by atoms with van der Waals surface area (Å²) >= 11 is 0. The van der Waals surface area contributed by atoms with E-state index < -0.39 is 12.1 Å². The summed E-state index contributed by atoms with van der Waals surface area (Å²) in [5, 5.41) is 23.3. The number of carbonyl (C=O) groups is 2. The van der Waals surface area contributed by atoms with E-state index in [0.717, 1.165) is 44.9 Å². The van der Waals surface area contributed by atoms with E-state index in [1.54, 1.807) is 6.08 Å². The number of hydrogen-bond acceptors (Lipinski definition) is 5. The van der Waals surface area contributed by atoms with Crippen LogP contribution in [0.15, 0.2) is 24.3 Å². The average molecular weight is 1130 g/mol. The minimum atomic E-state index is -0.842. The van der Waals surface area contributed by atoms with Gasteiger partial charge in [-0.15, -0.1) is 0 Å². The van der Waals surface area contributed by atoms with Crippen molar-refractivity contribution in [2.75, 3.05) is 13.2 Å². The second-order valence-electron chi connectivity index (χ2n) is 25.3.